The molecule has 3 aliphatic rings. The number of piperidine rings is 1. The Morgan fingerprint density at radius 3 is 2.47 bits per heavy atom. The summed E-state index contributed by atoms with van der Waals surface area (Å²) in [6.07, 6.45) is 6.77. The predicted octanol–water partition coefficient (Wildman–Crippen LogP) is 3.82. The molecule has 4 rings (SSSR count). The third-order valence-corrected chi connectivity index (χ3v) is 11.8. The van der Waals surface area contributed by atoms with Crippen molar-refractivity contribution in [2.45, 2.75) is 59.0 Å². The van der Waals surface area contributed by atoms with Crippen molar-refractivity contribution in [3.8, 4) is 5.75 Å². The first-order valence-electron chi connectivity index (χ1n) is 12.7. The summed E-state index contributed by atoms with van der Waals surface area (Å²) >= 11 is 0. The van der Waals surface area contributed by atoms with Gasteiger partial charge in [-0.3, -0.25) is 4.21 Å². The van der Waals surface area contributed by atoms with E-state index in [1.54, 1.807) is 4.31 Å². The average Bonchev–Trinajstić information content (AvgIpc) is 3.22. The molecule has 0 saturated carbocycles. The average molecular weight is 509 g/mol. The molecule has 0 aromatic heterocycles. The van der Waals surface area contributed by atoms with Crippen LogP contribution < -0.4 is 4.74 Å². The van der Waals surface area contributed by atoms with Gasteiger partial charge < -0.3 is 4.74 Å². The molecule has 3 aliphatic heterocycles. The largest absolute Gasteiger partial charge is 0.490 e. The number of rotatable bonds is 8. The van der Waals surface area contributed by atoms with Gasteiger partial charge in [-0.25, -0.2) is 12.7 Å². The van der Waals surface area contributed by atoms with Gasteiger partial charge in [0.1, 0.15) is 11.9 Å². The van der Waals surface area contributed by atoms with Crippen LogP contribution in [0, 0.1) is 11.8 Å². The molecule has 0 spiro atoms. The Hall–Kier alpha value is -1.35. The molecule has 0 N–H and O–H groups in total. The molecule has 0 bridgehead atoms. The molecule has 1 fully saturated rings. The first-order valence-corrected chi connectivity index (χ1v) is 16.1. The van der Waals surface area contributed by atoms with Crippen LogP contribution in [0.1, 0.15) is 57.6 Å². The quantitative estimate of drug-likeness (QED) is 0.501. The van der Waals surface area contributed by atoms with E-state index in [0.717, 1.165) is 50.9 Å². The van der Waals surface area contributed by atoms with E-state index in [0.29, 0.717) is 24.8 Å². The Bertz CT molecular complexity index is 1120. The highest BCUT2D eigenvalue weighted by Crippen LogP contribution is 2.38. The molecule has 0 radical (unpaired) electrons. The molecule has 2 unspecified atom stereocenters. The van der Waals surface area contributed by atoms with E-state index in [1.165, 1.54) is 16.7 Å². The van der Waals surface area contributed by atoms with Crippen molar-refractivity contribution in [2.24, 2.45) is 11.8 Å². The van der Waals surface area contributed by atoms with Crippen molar-refractivity contribution in [2.75, 3.05) is 37.7 Å². The highest BCUT2D eigenvalue weighted by molar-refractivity contribution is 7.98. The Balaban J connectivity index is 1.36. The Morgan fingerprint density at radius 1 is 1.12 bits per heavy atom. The van der Waals surface area contributed by atoms with Gasteiger partial charge in [-0.05, 0) is 72.2 Å². The molecule has 3 heterocycles. The Kier molecular flexibility index (Phi) is 7.82. The fourth-order valence-corrected chi connectivity index (χ4v) is 8.96. The minimum absolute atomic E-state index is 0.131. The number of fused-ring (bicyclic) bond motifs is 1. The van der Waals surface area contributed by atoms with Crippen LogP contribution in [0.25, 0.3) is 5.57 Å². The topological polar surface area (TPSA) is 66.9 Å². The Morgan fingerprint density at radius 2 is 1.85 bits per heavy atom. The van der Waals surface area contributed by atoms with Gasteiger partial charge in [-0.2, -0.15) is 4.31 Å². The van der Waals surface area contributed by atoms with Crippen LogP contribution in [-0.2, 0) is 26.2 Å². The minimum atomic E-state index is -3.19. The molecule has 8 heteroatoms. The number of benzene rings is 1. The van der Waals surface area contributed by atoms with Gasteiger partial charge in [-0.1, -0.05) is 32.9 Å². The van der Waals surface area contributed by atoms with Crippen molar-refractivity contribution >= 4 is 31.2 Å². The van der Waals surface area contributed by atoms with Crippen LogP contribution in [-0.4, -0.2) is 70.9 Å². The fourth-order valence-electron chi connectivity index (χ4n) is 5.46. The number of nitrogens with zero attached hydrogens (tertiary/aromatic N) is 2. The van der Waals surface area contributed by atoms with Crippen molar-refractivity contribution in [1.29, 1.82) is 0 Å². The maximum atomic E-state index is 12.8. The monoisotopic (exact) mass is 508 g/mol. The molecule has 34 heavy (non-hydrogen) atoms. The van der Waals surface area contributed by atoms with E-state index >= 15 is 0 Å². The maximum absolute atomic E-state index is 12.8. The summed E-state index contributed by atoms with van der Waals surface area (Å²) in [5.41, 5.74) is 3.64. The smallest absolute Gasteiger partial charge is 0.214 e. The van der Waals surface area contributed by atoms with Gasteiger partial charge in [0.2, 0.25) is 10.0 Å². The van der Waals surface area contributed by atoms with E-state index in [9.17, 15) is 12.6 Å². The molecule has 190 valence electrons. The number of hydrogen-bond acceptors (Lipinski definition) is 4. The number of hydrogen-bond donors (Lipinski definition) is 0. The summed E-state index contributed by atoms with van der Waals surface area (Å²) < 4.78 is 47.9. The lowest BCUT2D eigenvalue weighted by atomic mass is 9.89. The van der Waals surface area contributed by atoms with Crippen LogP contribution in [0.3, 0.4) is 0 Å². The van der Waals surface area contributed by atoms with E-state index in [-0.39, 0.29) is 17.8 Å². The molecule has 2 atom stereocenters. The Labute approximate surface area is 206 Å². The van der Waals surface area contributed by atoms with Crippen LogP contribution in [0.15, 0.2) is 24.3 Å². The number of sulfonamides is 1. The van der Waals surface area contributed by atoms with Crippen LogP contribution in [0.4, 0.5) is 0 Å². The third kappa shape index (κ3) is 5.72. The zero-order chi connectivity index (χ0) is 24.5. The molecule has 1 aromatic carbocycles. The van der Waals surface area contributed by atoms with Crippen LogP contribution >= 0.6 is 0 Å². The summed E-state index contributed by atoms with van der Waals surface area (Å²) in [7, 11) is -5.32. The van der Waals surface area contributed by atoms with Gasteiger partial charge in [0.05, 0.1) is 5.75 Å². The summed E-state index contributed by atoms with van der Waals surface area (Å²) in [6.45, 7) is 8.60. The maximum Gasteiger partial charge on any atom is 0.214 e. The second-order valence-electron chi connectivity index (χ2n) is 10.4. The van der Waals surface area contributed by atoms with E-state index in [4.69, 9.17) is 4.74 Å². The zero-order valence-electron chi connectivity index (χ0n) is 20.9. The summed E-state index contributed by atoms with van der Waals surface area (Å²) in [5.74, 6) is 6.45. The highest BCUT2D eigenvalue weighted by atomic mass is 32.2. The first-order chi connectivity index (χ1) is 16.1. The van der Waals surface area contributed by atoms with Gasteiger partial charge >= 0.3 is 0 Å². The van der Waals surface area contributed by atoms with Crippen molar-refractivity contribution in [1.82, 2.24) is 8.61 Å². The third-order valence-electron chi connectivity index (χ3n) is 7.26. The minimum Gasteiger partial charge on any atom is -0.490 e. The van der Waals surface area contributed by atoms with Gasteiger partial charge in [0, 0.05) is 48.1 Å². The normalized spacial score (nSPS) is 24.5. The van der Waals surface area contributed by atoms with E-state index in [1.807, 2.05) is 13.8 Å². The highest BCUT2D eigenvalue weighted by Gasteiger charge is 2.34. The summed E-state index contributed by atoms with van der Waals surface area (Å²) in [4.78, 5) is 0. The molecule has 1 aromatic rings. The second-order valence-corrected chi connectivity index (χ2v) is 14.9. The SMILES string of the molecule is C=S(=O)(CCC)N1CCC(C2Cc3cc(C4=CCN(S(=O)(=O)CC(C)C)CC4)ccc3O2)CC1. The van der Waals surface area contributed by atoms with Crippen molar-refractivity contribution in [3.63, 3.8) is 0 Å². The molecule has 0 aliphatic carbocycles. The molecule has 6 nitrogen and oxygen atoms in total. The standard InChI is InChI=1S/C26H40N2O4S2/c1-5-16-33(4,29)27-12-10-22(11-13-27)26-18-24-17-23(6-7-25(24)32-26)21-8-14-28(15-9-21)34(30,31)19-20(2)3/h6-8,17,20,22,26H,4-5,9-16,18-19H2,1-3H3. The lowest BCUT2D eigenvalue weighted by Gasteiger charge is -2.35. The lowest BCUT2D eigenvalue weighted by Crippen LogP contribution is -2.42. The molecule has 0 amide bonds. The van der Waals surface area contributed by atoms with Gasteiger partial charge in [0.25, 0.3) is 0 Å². The summed E-state index contributed by atoms with van der Waals surface area (Å²) in [6, 6.07) is 6.42. The zero-order valence-corrected chi connectivity index (χ0v) is 22.5. The lowest BCUT2D eigenvalue weighted by molar-refractivity contribution is 0.117. The van der Waals surface area contributed by atoms with Crippen molar-refractivity contribution in [3.05, 3.63) is 35.4 Å². The second kappa shape index (κ2) is 10.3. The van der Waals surface area contributed by atoms with E-state index < -0.39 is 19.7 Å². The van der Waals surface area contributed by atoms with Crippen molar-refractivity contribution < 1.29 is 17.4 Å². The molecular weight excluding hydrogens is 468 g/mol. The summed E-state index contributed by atoms with van der Waals surface area (Å²) in [5, 5.41) is 0. The fraction of sp³-hybridized carbons (Fsp3) is 0.654. The first kappa shape index (κ1) is 25.7. The van der Waals surface area contributed by atoms with Crippen LogP contribution in [0.5, 0.6) is 5.75 Å². The van der Waals surface area contributed by atoms with Gasteiger partial charge in [-0.15, -0.1) is 0 Å². The molecular formula is C26H40N2O4S2. The number of ether oxygens (including phenoxy) is 1. The van der Waals surface area contributed by atoms with Crippen LogP contribution in [0.2, 0.25) is 0 Å². The van der Waals surface area contributed by atoms with E-state index in [2.05, 4.69) is 41.4 Å². The van der Waals surface area contributed by atoms with Gasteiger partial charge in [0.15, 0.2) is 0 Å². The predicted molar refractivity (Wildman–Crippen MR) is 142 cm³/mol. The molecule has 1 saturated heterocycles.